The lowest BCUT2D eigenvalue weighted by atomic mass is 9.86. The highest BCUT2D eigenvalue weighted by atomic mass is 16.5. The van der Waals surface area contributed by atoms with Gasteiger partial charge in [-0.1, -0.05) is 66.7 Å². The van der Waals surface area contributed by atoms with E-state index in [4.69, 9.17) is 4.74 Å². The number of ether oxygens (including phenoxy) is 1. The predicted molar refractivity (Wildman–Crippen MR) is 91.3 cm³/mol. The maximum atomic E-state index is 12.0. The summed E-state index contributed by atoms with van der Waals surface area (Å²) in [4.78, 5) is 12.0. The topological polar surface area (TPSA) is 26.3 Å². The smallest absolute Gasteiger partial charge is 0.308 e. The average molecular weight is 299 g/mol. The van der Waals surface area contributed by atoms with Gasteiger partial charge in [-0.25, -0.2) is 0 Å². The first-order chi connectivity index (χ1) is 9.92. The van der Waals surface area contributed by atoms with Gasteiger partial charge in [-0.2, -0.15) is 0 Å². The van der Waals surface area contributed by atoms with Crippen LogP contribution in [-0.2, 0) is 9.53 Å². The van der Waals surface area contributed by atoms with Gasteiger partial charge in [-0.05, 0) is 38.0 Å². The Kier molecular flexibility index (Phi) is 11.8. The number of carbonyl (C=O) groups is 1. The zero-order valence-corrected chi connectivity index (χ0v) is 15.3. The zero-order chi connectivity index (χ0) is 16.3. The maximum Gasteiger partial charge on any atom is 0.308 e. The van der Waals surface area contributed by atoms with Crippen molar-refractivity contribution < 1.29 is 9.53 Å². The average Bonchev–Trinajstić information content (AvgIpc) is 2.47. The van der Waals surface area contributed by atoms with Gasteiger partial charge in [-0.3, -0.25) is 4.79 Å². The molecule has 0 bridgehead atoms. The van der Waals surface area contributed by atoms with Crippen LogP contribution >= 0.6 is 0 Å². The Bertz CT molecular complexity index is 262. The third-order valence-corrected chi connectivity index (χ3v) is 4.72. The minimum Gasteiger partial charge on any atom is -0.462 e. The maximum absolute atomic E-state index is 12.0. The van der Waals surface area contributed by atoms with Gasteiger partial charge in [0.15, 0.2) is 0 Å². The monoisotopic (exact) mass is 298 g/mol. The van der Waals surface area contributed by atoms with E-state index >= 15 is 0 Å². The first-order valence-corrected chi connectivity index (χ1v) is 9.12. The summed E-state index contributed by atoms with van der Waals surface area (Å²) in [5, 5.41) is 0. The summed E-state index contributed by atoms with van der Waals surface area (Å²) >= 11 is 0. The number of hydrogen-bond acceptors (Lipinski definition) is 2. The van der Waals surface area contributed by atoms with Gasteiger partial charge in [0.25, 0.3) is 0 Å². The lowest BCUT2D eigenvalue weighted by molar-refractivity contribution is -0.153. The van der Waals surface area contributed by atoms with Crippen molar-refractivity contribution in [3.63, 3.8) is 0 Å². The first kappa shape index (κ1) is 20.5. The van der Waals surface area contributed by atoms with Crippen molar-refractivity contribution in [2.45, 2.75) is 99.0 Å². The summed E-state index contributed by atoms with van der Waals surface area (Å²) in [6.07, 6.45) is 9.33. The standard InChI is InChI=1S/C19H38O2/c1-7-9-11-15(3)16(4)13-14-17(5)19(20)21-18(6)12-10-8-2/h15-18H,7-14H2,1-6H3. The Labute approximate surface area is 133 Å². The molecule has 0 heterocycles. The van der Waals surface area contributed by atoms with Crippen molar-refractivity contribution in [3.8, 4) is 0 Å². The van der Waals surface area contributed by atoms with Crippen molar-refractivity contribution in [2.75, 3.05) is 0 Å². The van der Waals surface area contributed by atoms with E-state index in [2.05, 4.69) is 27.7 Å². The molecule has 0 fully saturated rings. The molecule has 21 heavy (non-hydrogen) atoms. The van der Waals surface area contributed by atoms with Crippen molar-refractivity contribution in [1.29, 1.82) is 0 Å². The SMILES string of the molecule is CCCCC(C)OC(=O)C(C)CCC(C)C(C)CCCC. The number of carbonyl (C=O) groups excluding carboxylic acids is 1. The van der Waals surface area contributed by atoms with E-state index in [0.717, 1.165) is 38.0 Å². The molecule has 4 unspecified atom stereocenters. The fourth-order valence-electron chi connectivity index (χ4n) is 2.59. The molecule has 0 radical (unpaired) electrons. The third kappa shape index (κ3) is 9.92. The van der Waals surface area contributed by atoms with Crippen molar-refractivity contribution in [3.05, 3.63) is 0 Å². The summed E-state index contributed by atoms with van der Waals surface area (Å²) in [6, 6.07) is 0. The molecule has 0 rings (SSSR count). The zero-order valence-electron chi connectivity index (χ0n) is 15.3. The van der Waals surface area contributed by atoms with Gasteiger partial charge >= 0.3 is 5.97 Å². The van der Waals surface area contributed by atoms with E-state index in [9.17, 15) is 4.79 Å². The molecular formula is C19H38O2. The van der Waals surface area contributed by atoms with Crippen LogP contribution in [-0.4, -0.2) is 12.1 Å². The highest BCUT2D eigenvalue weighted by Crippen LogP contribution is 2.24. The van der Waals surface area contributed by atoms with Crippen molar-refractivity contribution >= 4 is 5.97 Å². The summed E-state index contributed by atoms with van der Waals surface area (Å²) < 4.78 is 5.53. The molecule has 0 saturated carbocycles. The van der Waals surface area contributed by atoms with E-state index in [-0.39, 0.29) is 18.0 Å². The molecule has 2 heteroatoms. The summed E-state index contributed by atoms with van der Waals surface area (Å²) in [7, 11) is 0. The van der Waals surface area contributed by atoms with Crippen LogP contribution in [0.3, 0.4) is 0 Å². The van der Waals surface area contributed by atoms with Gasteiger partial charge in [0.2, 0.25) is 0 Å². The molecule has 2 nitrogen and oxygen atoms in total. The molecule has 0 aromatic rings. The van der Waals surface area contributed by atoms with Crippen LogP contribution in [0.1, 0.15) is 92.9 Å². The normalized spacial score (nSPS) is 17.0. The van der Waals surface area contributed by atoms with Gasteiger partial charge in [-0.15, -0.1) is 0 Å². The highest BCUT2D eigenvalue weighted by molar-refractivity contribution is 5.72. The highest BCUT2D eigenvalue weighted by Gasteiger charge is 2.19. The lowest BCUT2D eigenvalue weighted by Gasteiger charge is -2.22. The minimum atomic E-state index is -0.00739. The fraction of sp³-hybridized carbons (Fsp3) is 0.947. The number of esters is 1. The Morgan fingerprint density at radius 1 is 0.810 bits per heavy atom. The molecule has 0 aromatic heterocycles. The molecule has 0 aliphatic rings. The molecule has 0 N–H and O–H groups in total. The molecule has 0 aliphatic heterocycles. The van der Waals surface area contributed by atoms with Gasteiger partial charge in [0.1, 0.15) is 0 Å². The van der Waals surface area contributed by atoms with Crippen LogP contribution in [0.4, 0.5) is 0 Å². The van der Waals surface area contributed by atoms with Gasteiger partial charge < -0.3 is 4.74 Å². The summed E-state index contributed by atoms with van der Waals surface area (Å²) in [5.74, 6) is 1.49. The third-order valence-electron chi connectivity index (χ3n) is 4.72. The second-order valence-corrected chi connectivity index (χ2v) is 6.96. The van der Waals surface area contributed by atoms with Crippen LogP contribution in [0.25, 0.3) is 0 Å². The summed E-state index contributed by atoms with van der Waals surface area (Å²) in [6.45, 7) is 13.1. The first-order valence-electron chi connectivity index (χ1n) is 9.12. The summed E-state index contributed by atoms with van der Waals surface area (Å²) in [5.41, 5.74) is 0. The fourth-order valence-corrected chi connectivity index (χ4v) is 2.59. The van der Waals surface area contributed by atoms with Crippen LogP contribution in [0.15, 0.2) is 0 Å². The second kappa shape index (κ2) is 12.1. The van der Waals surface area contributed by atoms with Crippen molar-refractivity contribution in [2.24, 2.45) is 17.8 Å². The van der Waals surface area contributed by atoms with E-state index in [1.165, 1.54) is 19.3 Å². The van der Waals surface area contributed by atoms with Crippen LogP contribution in [0, 0.1) is 17.8 Å². The minimum absolute atomic E-state index is 0.00739. The Morgan fingerprint density at radius 2 is 1.33 bits per heavy atom. The second-order valence-electron chi connectivity index (χ2n) is 6.96. The van der Waals surface area contributed by atoms with E-state index in [1.807, 2.05) is 13.8 Å². The molecule has 0 aromatic carbocycles. The van der Waals surface area contributed by atoms with Crippen molar-refractivity contribution in [1.82, 2.24) is 0 Å². The molecule has 0 aliphatic carbocycles. The van der Waals surface area contributed by atoms with Gasteiger partial charge in [0.05, 0.1) is 12.0 Å². The van der Waals surface area contributed by atoms with Crippen LogP contribution in [0.2, 0.25) is 0 Å². The number of rotatable bonds is 12. The molecular weight excluding hydrogens is 260 g/mol. The van der Waals surface area contributed by atoms with E-state index in [1.54, 1.807) is 0 Å². The largest absolute Gasteiger partial charge is 0.462 e. The quantitative estimate of drug-likeness (QED) is 0.414. The molecule has 0 spiro atoms. The molecule has 126 valence electrons. The van der Waals surface area contributed by atoms with Gasteiger partial charge in [0, 0.05) is 0 Å². The van der Waals surface area contributed by atoms with Crippen LogP contribution in [0.5, 0.6) is 0 Å². The Morgan fingerprint density at radius 3 is 1.90 bits per heavy atom. The molecule has 4 atom stereocenters. The predicted octanol–water partition coefficient (Wildman–Crippen LogP) is 5.99. The lowest BCUT2D eigenvalue weighted by Crippen LogP contribution is -2.22. The Balaban J connectivity index is 3.95. The number of hydrogen-bond donors (Lipinski definition) is 0. The molecule has 0 amide bonds. The Hall–Kier alpha value is -0.530. The number of unbranched alkanes of at least 4 members (excludes halogenated alkanes) is 2. The van der Waals surface area contributed by atoms with E-state index < -0.39 is 0 Å². The molecule has 0 saturated heterocycles. The van der Waals surface area contributed by atoms with Crippen LogP contribution < -0.4 is 0 Å². The van der Waals surface area contributed by atoms with E-state index in [0.29, 0.717) is 5.92 Å².